The normalized spacial score (nSPS) is 10.8. The van der Waals surface area contributed by atoms with Gasteiger partial charge in [0.05, 0.1) is 11.2 Å². The SMILES string of the molecule is CCCCn1cc(-c2cc(C)c(N)cc2Cl)cn1. The van der Waals surface area contributed by atoms with E-state index in [9.17, 15) is 0 Å². The molecule has 0 saturated carbocycles. The summed E-state index contributed by atoms with van der Waals surface area (Å²) in [4.78, 5) is 0. The molecule has 96 valence electrons. The number of unbranched alkanes of at least 4 members (excludes halogenated alkanes) is 1. The minimum Gasteiger partial charge on any atom is -0.398 e. The van der Waals surface area contributed by atoms with Crippen molar-refractivity contribution in [3.63, 3.8) is 0 Å². The maximum Gasteiger partial charge on any atom is 0.0568 e. The molecule has 18 heavy (non-hydrogen) atoms. The molecular weight excluding hydrogens is 246 g/mol. The van der Waals surface area contributed by atoms with E-state index < -0.39 is 0 Å². The maximum atomic E-state index is 6.23. The lowest BCUT2D eigenvalue weighted by Crippen LogP contribution is -1.96. The first-order chi connectivity index (χ1) is 8.61. The van der Waals surface area contributed by atoms with Gasteiger partial charge in [0.25, 0.3) is 0 Å². The fourth-order valence-electron chi connectivity index (χ4n) is 1.86. The van der Waals surface area contributed by atoms with Gasteiger partial charge in [-0.15, -0.1) is 0 Å². The Morgan fingerprint density at radius 1 is 1.39 bits per heavy atom. The lowest BCUT2D eigenvalue weighted by molar-refractivity contribution is 0.572. The summed E-state index contributed by atoms with van der Waals surface area (Å²) in [6.07, 6.45) is 6.19. The molecule has 0 saturated heterocycles. The van der Waals surface area contributed by atoms with Crippen LogP contribution in [0.2, 0.25) is 5.02 Å². The average molecular weight is 264 g/mol. The Balaban J connectivity index is 2.31. The lowest BCUT2D eigenvalue weighted by Gasteiger charge is -2.06. The van der Waals surface area contributed by atoms with E-state index in [4.69, 9.17) is 17.3 Å². The number of rotatable bonds is 4. The van der Waals surface area contributed by atoms with Gasteiger partial charge in [0, 0.05) is 29.6 Å². The summed E-state index contributed by atoms with van der Waals surface area (Å²) < 4.78 is 1.96. The molecule has 1 aromatic carbocycles. The second-order valence-corrected chi connectivity index (χ2v) is 4.94. The van der Waals surface area contributed by atoms with Gasteiger partial charge < -0.3 is 5.73 Å². The number of hydrogen-bond acceptors (Lipinski definition) is 2. The zero-order valence-electron chi connectivity index (χ0n) is 10.8. The molecule has 2 N–H and O–H groups in total. The molecule has 4 heteroatoms. The highest BCUT2D eigenvalue weighted by molar-refractivity contribution is 6.33. The summed E-state index contributed by atoms with van der Waals surface area (Å²) in [5.41, 5.74) is 9.63. The average Bonchev–Trinajstić information content (AvgIpc) is 2.79. The molecule has 0 aliphatic rings. The molecule has 0 amide bonds. The van der Waals surface area contributed by atoms with Gasteiger partial charge in [-0.3, -0.25) is 4.68 Å². The molecule has 1 heterocycles. The first-order valence-corrected chi connectivity index (χ1v) is 6.58. The molecule has 0 bridgehead atoms. The molecule has 2 rings (SSSR count). The zero-order valence-corrected chi connectivity index (χ0v) is 11.5. The molecule has 0 aliphatic carbocycles. The van der Waals surface area contributed by atoms with Crippen LogP contribution in [0.3, 0.4) is 0 Å². The third-order valence-electron chi connectivity index (χ3n) is 3.04. The number of anilines is 1. The first-order valence-electron chi connectivity index (χ1n) is 6.20. The van der Waals surface area contributed by atoms with Crippen LogP contribution in [0.15, 0.2) is 24.5 Å². The second kappa shape index (κ2) is 5.44. The molecule has 0 unspecified atom stereocenters. The number of halogens is 1. The van der Waals surface area contributed by atoms with Gasteiger partial charge in [0.15, 0.2) is 0 Å². The summed E-state index contributed by atoms with van der Waals surface area (Å²) in [5.74, 6) is 0. The van der Waals surface area contributed by atoms with E-state index in [1.54, 1.807) is 6.07 Å². The lowest BCUT2D eigenvalue weighted by atomic mass is 10.1. The van der Waals surface area contributed by atoms with Crippen LogP contribution in [-0.4, -0.2) is 9.78 Å². The third-order valence-corrected chi connectivity index (χ3v) is 3.35. The number of nitrogens with two attached hydrogens (primary N) is 1. The maximum absolute atomic E-state index is 6.23. The van der Waals surface area contributed by atoms with Gasteiger partial charge in [-0.2, -0.15) is 5.10 Å². The largest absolute Gasteiger partial charge is 0.398 e. The second-order valence-electron chi connectivity index (χ2n) is 4.53. The van der Waals surface area contributed by atoms with Crippen molar-refractivity contribution < 1.29 is 0 Å². The predicted molar refractivity (Wildman–Crippen MR) is 76.7 cm³/mol. The summed E-state index contributed by atoms with van der Waals surface area (Å²) >= 11 is 6.23. The van der Waals surface area contributed by atoms with Crippen molar-refractivity contribution in [2.24, 2.45) is 0 Å². The van der Waals surface area contributed by atoms with Gasteiger partial charge >= 0.3 is 0 Å². The van der Waals surface area contributed by atoms with E-state index in [-0.39, 0.29) is 0 Å². The fraction of sp³-hybridized carbons (Fsp3) is 0.357. The van der Waals surface area contributed by atoms with E-state index in [0.29, 0.717) is 5.02 Å². The number of benzene rings is 1. The predicted octanol–water partition coefficient (Wildman–Crippen LogP) is 3.89. The standard InChI is InChI=1S/C14H18ClN3/c1-3-4-5-18-9-11(8-17-18)12-6-10(2)14(16)7-13(12)15/h6-9H,3-5,16H2,1-2H3. The van der Waals surface area contributed by atoms with E-state index in [1.807, 2.05) is 30.1 Å². The smallest absolute Gasteiger partial charge is 0.0568 e. The summed E-state index contributed by atoms with van der Waals surface area (Å²) in [6.45, 7) is 5.10. The highest BCUT2D eigenvalue weighted by atomic mass is 35.5. The molecule has 1 aromatic heterocycles. The van der Waals surface area contributed by atoms with Crippen molar-refractivity contribution in [2.75, 3.05) is 5.73 Å². The van der Waals surface area contributed by atoms with Crippen LogP contribution in [0.5, 0.6) is 0 Å². The summed E-state index contributed by atoms with van der Waals surface area (Å²) in [7, 11) is 0. The van der Waals surface area contributed by atoms with Crippen LogP contribution < -0.4 is 5.73 Å². The Hall–Kier alpha value is -1.48. The quantitative estimate of drug-likeness (QED) is 0.851. The molecule has 0 aliphatic heterocycles. The summed E-state index contributed by atoms with van der Waals surface area (Å²) in [6, 6.07) is 3.81. The van der Waals surface area contributed by atoms with Crippen LogP contribution in [0.1, 0.15) is 25.3 Å². The molecule has 0 spiro atoms. The van der Waals surface area contributed by atoms with Crippen molar-refractivity contribution in [1.29, 1.82) is 0 Å². The molecular formula is C14H18ClN3. The van der Waals surface area contributed by atoms with Crippen LogP contribution in [0.4, 0.5) is 5.69 Å². The van der Waals surface area contributed by atoms with Gasteiger partial charge in [-0.1, -0.05) is 24.9 Å². The van der Waals surface area contributed by atoms with Crippen LogP contribution in [0, 0.1) is 6.92 Å². The van der Waals surface area contributed by atoms with Crippen LogP contribution in [0.25, 0.3) is 11.1 Å². The summed E-state index contributed by atoms with van der Waals surface area (Å²) in [5, 5.41) is 5.02. The van der Waals surface area contributed by atoms with Gasteiger partial charge in [0.1, 0.15) is 0 Å². The molecule has 2 aromatic rings. The molecule has 0 atom stereocenters. The first kappa shape index (κ1) is 13.0. The monoisotopic (exact) mass is 263 g/mol. The van der Waals surface area contributed by atoms with Crippen molar-refractivity contribution >= 4 is 17.3 Å². The Morgan fingerprint density at radius 2 is 2.17 bits per heavy atom. The van der Waals surface area contributed by atoms with Crippen molar-refractivity contribution in [2.45, 2.75) is 33.2 Å². The molecule has 0 fully saturated rings. The van der Waals surface area contributed by atoms with Crippen molar-refractivity contribution in [1.82, 2.24) is 9.78 Å². The minimum absolute atomic E-state index is 0.674. The van der Waals surface area contributed by atoms with E-state index >= 15 is 0 Å². The number of aromatic nitrogens is 2. The Labute approximate surface area is 113 Å². The van der Waals surface area contributed by atoms with E-state index in [1.165, 1.54) is 0 Å². The van der Waals surface area contributed by atoms with Crippen LogP contribution in [-0.2, 0) is 6.54 Å². The highest BCUT2D eigenvalue weighted by Crippen LogP contribution is 2.31. The molecule has 0 radical (unpaired) electrons. The van der Waals surface area contributed by atoms with Crippen LogP contribution >= 0.6 is 11.6 Å². The number of nitrogen functional groups attached to an aromatic ring is 1. The Bertz CT molecular complexity index is 546. The third kappa shape index (κ3) is 2.67. The highest BCUT2D eigenvalue weighted by Gasteiger charge is 2.08. The fourth-order valence-corrected chi connectivity index (χ4v) is 2.14. The minimum atomic E-state index is 0.674. The number of hydrogen-bond donors (Lipinski definition) is 1. The number of nitrogens with zero attached hydrogens (tertiary/aromatic N) is 2. The topological polar surface area (TPSA) is 43.8 Å². The van der Waals surface area contributed by atoms with Gasteiger partial charge in [0.2, 0.25) is 0 Å². The van der Waals surface area contributed by atoms with Crippen molar-refractivity contribution in [3.05, 3.63) is 35.1 Å². The number of aryl methyl sites for hydroxylation is 2. The molecule has 3 nitrogen and oxygen atoms in total. The van der Waals surface area contributed by atoms with E-state index in [0.717, 1.165) is 41.8 Å². The Kier molecular flexibility index (Phi) is 3.92. The zero-order chi connectivity index (χ0) is 13.1. The van der Waals surface area contributed by atoms with E-state index in [2.05, 4.69) is 12.0 Å². The van der Waals surface area contributed by atoms with Gasteiger partial charge in [-0.25, -0.2) is 0 Å². The Morgan fingerprint density at radius 3 is 2.89 bits per heavy atom. The van der Waals surface area contributed by atoms with Crippen molar-refractivity contribution in [3.8, 4) is 11.1 Å². The van der Waals surface area contributed by atoms with Gasteiger partial charge in [-0.05, 0) is 31.0 Å².